The van der Waals surface area contributed by atoms with E-state index < -0.39 is 5.51 Å². The van der Waals surface area contributed by atoms with E-state index in [1.165, 1.54) is 12.1 Å². The predicted molar refractivity (Wildman–Crippen MR) is 57.1 cm³/mol. The van der Waals surface area contributed by atoms with Crippen LogP contribution in [0.3, 0.4) is 0 Å². The van der Waals surface area contributed by atoms with Gasteiger partial charge in [0.15, 0.2) is 0 Å². The molecular formula is C10H12F3NS. The van der Waals surface area contributed by atoms with Crippen molar-refractivity contribution >= 4 is 17.4 Å². The quantitative estimate of drug-likeness (QED) is 0.788. The van der Waals surface area contributed by atoms with Crippen LogP contribution in [-0.4, -0.2) is 12.1 Å². The zero-order chi connectivity index (χ0) is 11.3. The molecule has 0 amide bonds. The fourth-order valence-electron chi connectivity index (χ4n) is 1.04. The summed E-state index contributed by atoms with van der Waals surface area (Å²) in [4.78, 5) is 0.213. The lowest BCUT2D eigenvalue weighted by Gasteiger charge is -2.07. The number of thioether (sulfide) groups is 1. The van der Waals surface area contributed by atoms with Crippen molar-refractivity contribution in [1.29, 1.82) is 0 Å². The molecule has 0 saturated carbocycles. The van der Waals surface area contributed by atoms with E-state index in [9.17, 15) is 13.2 Å². The van der Waals surface area contributed by atoms with Gasteiger partial charge in [0.05, 0.1) is 0 Å². The number of nitrogens with one attached hydrogen (secondary N) is 1. The molecule has 0 radical (unpaired) electrons. The van der Waals surface area contributed by atoms with Crippen molar-refractivity contribution in [1.82, 2.24) is 0 Å². The fourth-order valence-corrected chi connectivity index (χ4v) is 1.58. The average Bonchev–Trinajstić information content (AvgIpc) is 2.14. The molecule has 0 unspecified atom stereocenters. The van der Waals surface area contributed by atoms with E-state index in [1.54, 1.807) is 12.1 Å². The third-order valence-electron chi connectivity index (χ3n) is 1.67. The number of alkyl halides is 3. The molecule has 0 aliphatic heterocycles. The van der Waals surface area contributed by atoms with Crippen molar-refractivity contribution in [2.75, 3.05) is 11.9 Å². The molecular weight excluding hydrogens is 223 g/mol. The van der Waals surface area contributed by atoms with Crippen LogP contribution in [0.4, 0.5) is 18.9 Å². The first-order valence-corrected chi connectivity index (χ1v) is 5.42. The number of halogens is 3. The van der Waals surface area contributed by atoms with E-state index in [2.05, 4.69) is 5.32 Å². The average molecular weight is 235 g/mol. The van der Waals surface area contributed by atoms with E-state index >= 15 is 0 Å². The highest BCUT2D eigenvalue weighted by atomic mass is 32.2. The van der Waals surface area contributed by atoms with Crippen molar-refractivity contribution in [2.45, 2.75) is 23.7 Å². The SMILES string of the molecule is CCCNc1ccc(SC(F)(F)F)cc1. The third-order valence-corrected chi connectivity index (χ3v) is 2.41. The minimum Gasteiger partial charge on any atom is -0.385 e. The molecule has 0 bridgehead atoms. The predicted octanol–water partition coefficient (Wildman–Crippen LogP) is 4.12. The van der Waals surface area contributed by atoms with Gasteiger partial charge in [-0.25, -0.2) is 0 Å². The lowest BCUT2D eigenvalue weighted by Crippen LogP contribution is -2.00. The zero-order valence-electron chi connectivity index (χ0n) is 8.27. The largest absolute Gasteiger partial charge is 0.446 e. The number of hydrogen-bond acceptors (Lipinski definition) is 2. The minimum atomic E-state index is -4.21. The van der Waals surface area contributed by atoms with Crippen molar-refractivity contribution in [2.24, 2.45) is 0 Å². The molecule has 0 aliphatic rings. The Morgan fingerprint density at radius 1 is 1.20 bits per heavy atom. The second-order valence-corrected chi connectivity index (χ2v) is 4.14. The Kier molecular flexibility index (Phi) is 4.32. The molecule has 0 saturated heterocycles. The van der Waals surface area contributed by atoms with Crippen molar-refractivity contribution in [3.05, 3.63) is 24.3 Å². The summed E-state index contributed by atoms with van der Waals surface area (Å²) >= 11 is -0.0945. The van der Waals surface area contributed by atoms with E-state index in [4.69, 9.17) is 0 Å². The van der Waals surface area contributed by atoms with E-state index in [0.717, 1.165) is 18.7 Å². The van der Waals surface area contributed by atoms with E-state index in [1.807, 2.05) is 6.92 Å². The molecule has 0 heterocycles. The van der Waals surface area contributed by atoms with Gasteiger partial charge in [0.1, 0.15) is 0 Å². The molecule has 84 valence electrons. The fraction of sp³-hybridized carbons (Fsp3) is 0.400. The lowest BCUT2D eigenvalue weighted by molar-refractivity contribution is -0.0328. The number of anilines is 1. The first-order chi connectivity index (χ1) is 7.01. The number of rotatable bonds is 4. The summed E-state index contributed by atoms with van der Waals surface area (Å²) < 4.78 is 36.0. The molecule has 0 atom stereocenters. The molecule has 1 rings (SSSR count). The van der Waals surface area contributed by atoms with Gasteiger partial charge in [-0.1, -0.05) is 6.92 Å². The van der Waals surface area contributed by atoms with Crippen LogP contribution >= 0.6 is 11.8 Å². The first kappa shape index (κ1) is 12.2. The highest BCUT2D eigenvalue weighted by Gasteiger charge is 2.28. The highest BCUT2D eigenvalue weighted by molar-refractivity contribution is 8.00. The van der Waals surface area contributed by atoms with Gasteiger partial charge in [0.25, 0.3) is 0 Å². The van der Waals surface area contributed by atoms with E-state index in [-0.39, 0.29) is 16.7 Å². The summed E-state index contributed by atoms with van der Waals surface area (Å²) in [5.74, 6) is 0. The Balaban J connectivity index is 2.56. The minimum absolute atomic E-state index is 0.0945. The van der Waals surface area contributed by atoms with Gasteiger partial charge in [-0.3, -0.25) is 0 Å². The summed E-state index contributed by atoms with van der Waals surface area (Å²) in [5, 5.41) is 3.09. The molecule has 0 aliphatic carbocycles. The Morgan fingerprint density at radius 2 is 1.80 bits per heavy atom. The normalized spacial score (nSPS) is 11.5. The summed E-state index contributed by atoms with van der Waals surface area (Å²) in [6.45, 7) is 2.85. The second kappa shape index (κ2) is 5.30. The summed E-state index contributed by atoms with van der Waals surface area (Å²) in [6.07, 6.45) is 0.985. The van der Waals surface area contributed by atoms with Gasteiger partial charge in [0, 0.05) is 17.1 Å². The molecule has 0 aromatic heterocycles. The van der Waals surface area contributed by atoms with Crippen LogP contribution < -0.4 is 5.32 Å². The van der Waals surface area contributed by atoms with Gasteiger partial charge in [-0.2, -0.15) is 13.2 Å². The molecule has 15 heavy (non-hydrogen) atoms. The maximum Gasteiger partial charge on any atom is 0.446 e. The topological polar surface area (TPSA) is 12.0 Å². The Hall–Kier alpha value is -0.840. The molecule has 5 heteroatoms. The number of hydrogen-bond donors (Lipinski definition) is 1. The molecule has 1 N–H and O–H groups in total. The standard InChI is InChI=1S/C10H12F3NS/c1-2-7-14-8-3-5-9(6-4-8)15-10(11,12)13/h3-6,14H,2,7H2,1H3. The first-order valence-electron chi connectivity index (χ1n) is 4.61. The number of benzene rings is 1. The van der Waals surface area contributed by atoms with Gasteiger partial charge in [-0.15, -0.1) is 0 Å². The van der Waals surface area contributed by atoms with Gasteiger partial charge in [0.2, 0.25) is 0 Å². The Labute approximate surface area is 91.1 Å². The van der Waals surface area contributed by atoms with E-state index in [0.29, 0.717) is 0 Å². The third kappa shape index (κ3) is 4.97. The van der Waals surface area contributed by atoms with Crippen LogP contribution in [0.2, 0.25) is 0 Å². The second-order valence-electron chi connectivity index (χ2n) is 3.00. The van der Waals surface area contributed by atoms with Crippen LogP contribution in [0.25, 0.3) is 0 Å². The maximum absolute atomic E-state index is 12.0. The van der Waals surface area contributed by atoms with Gasteiger partial charge < -0.3 is 5.32 Å². The van der Waals surface area contributed by atoms with Gasteiger partial charge in [-0.05, 0) is 42.4 Å². The highest BCUT2D eigenvalue weighted by Crippen LogP contribution is 2.36. The van der Waals surface area contributed by atoms with Crippen LogP contribution in [0.1, 0.15) is 13.3 Å². The zero-order valence-corrected chi connectivity index (χ0v) is 9.08. The lowest BCUT2D eigenvalue weighted by atomic mass is 10.3. The van der Waals surface area contributed by atoms with Crippen LogP contribution in [-0.2, 0) is 0 Å². The molecule has 1 aromatic carbocycles. The smallest absolute Gasteiger partial charge is 0.385 e. The summed E-state index contributed by atoms with van der Waals surface area (Å²) in [6, 6.07) is 6.25. The van der Waals surface area contributed by atoms with Crippen LogP contribution in [0.15, 0.2) is 29.2 Å². The van der Waals surface area contributed by atoms with Crippen LogP contribution in [0, 0.1) is 0 Å². The monoisotopic (exact) mass is 235 g/mol. The van der Waals surface area contributed by atoms with Crippen molar-refractivity contribution in [3.63, 3.8) is 0 Å². The van der Waals surface area contributed by atoms with Crippen LogP contribution in [0.5, 0.6) is 0 Å². The van der Waals surface area contributed by atoms with Crippen molar-refractivity contribution in [3.8, 4) is 0 Å². The summed E-state index contributed by atoms with van der Waals surface area (Å²) in [5.41, 5.74) is -3.36. The molecule has 0 fully saturated rings. The van der Waals surface area contributed by atoms with Crippen molar-refractivity contribution < 1.29 is 13.2 Å². The molecule has 0 spiro atoms. The van der Waals surface area contributed by atoms with Gasteiger partial charge >= 0.3 is 5.51 Å². The molecule has 1 nitrogen and oxygen atoms in total. The molecule has 1 aromatic rings. The Bertz CT molecular complexity index is 295. The Morgan fingerprint density at radius 3 is 2.27 bits per heavy atom. The maximum atomic E-state index is 12.0. The summed E-state index contributed by atoms with van der Waals surface area (Å²) in [7, 11) is 0.